The molecule has 0 saturated heterocycles. The Kier molecular flexibility index (Phi) is 5.14. The van der Waals surface area contributed by atoms with E-state index in [0.29, 0.717) is 11.8 Å². The van der Waals surface area contributed by atoms with Crippen LogP contribution < -0.4 is 11.5 Å². The Labute approximate surface area is 139 Å². The van der Waals surface area contributed by atoms with Gasteiger partial charge in [-0.2, -0.15) is 0 Å². The van der Waals surface area contributed by atoms with E-state index in [4.69, 9.17) is 11.5 Å². The molecule has 0 fully saturated rings. The zero-order valence-electron chi connectivity index (χ0n) is 13.6. The maximum absolute atomic E-state index is 6.32. The Morgan fingerprint density at radius 1 is 1.09 bits per heavy atom. The molecule has 2 nitrogen and oxygen atoms in total. The molecule has 3 unspecified atom stereocenters. The molecular formula is C21H26N2. The van der Waals surface area contributed by atoms with Crippen LogP contribution in [0.2, 0.25) is 0 Å². The first-order valence-corrected chi connectivity index (χ1v) is 8.56. The number of hydrogen-bond donors (Lipinski definition) is 2. The second-order valence-corrected chi connectivity index (χ2v) is 6.46. The van der Waals surface area contributed by atoms with Crippen molar-refractivity contribution in [1.82, 2.24) is 0 Å². The van der Waals surface area contributed by atoms with Gasteiger partial charge in [0.15, 0.2) is 0 Å². The summed E-state index contributed by atoms with van der Waals surface area (Å²) in [5, 5.41) is 0. The zero-order chi connectivity index (χ0) is 16.1. The van der Waals surface area contributed by atoms with Gasteiger partial charge in [0.05, 0.1) is 0 Å². The second-order valence-electron chi connectivity index (χ2n) is 6.46. The summed E-state index contributed by atoms with van der Waals surface area (Å²) in [6, 6.07) is 10.6. The van der Waals surface area contributed by atoms with Gasteiger partial charge in [-0.25, -0.2) is 0 Å². The minimum atomic E-state index is -0.0909. The molecule has 23 heavy (non-hydrogen) atoms. The summed E-state index contributed by atoms with van der Waals surface area (Å²) in [7, 11) is 0. The van der Waals surface area contributed by atoms with Crippen LogP contribution in [-0.4, -0.2) is 6.04 Å². The molecule has 3 rings (SSSR count). The van der Waals surface area contributed by atoms with E-state index in [0.717, 1.165) is 31.4 Å². The second kappa shape index (κ2) is 7.47. The van der Waals surface area contributed by atoms with Gasteiger partial charge in [0.2, 0.25) is 0 Å². The van der Waals surface area contributed by atoms with E-state index in [1.165, 1.54) is 11.1 Å². The van der Waals surface area contributed by atoms with Crippen molar-refractivity contribution < 1.29 is 0 Å². The Bertz CT molecular complexity index is 637. The quantitative estimate of drug-likeness (QED) is 0.820. The molecule has 0 amide bonds. The SMILES string of the molecule is N/C(=C\C(N)C1=CCCC=C1)C1C=CC(c2ccccc2)CC1. The molecule has 0 aliphatic heterocycles. The summed E-state index contributed by atoms with van der Waals surface area (Å²) in [6.07, 6.45) is 17.5. The fourth-order valence-corrected chi connectivity index (χ4v) is 3.38. The molecule has 4 N–H and O–H groups in total. The molecule has 2 aliphatic rings. The highest BCUT2D eigenvalue weighted by Crippen LogP contribution is 2.32. The lowest BCUT2D eigenvalue weighted by molar-refractivity contribution is 0.557. The first kappa shape index (κ1) is 15.8. The van der Waals surface area contributed by atoms with Crippen LogP contribution in [0.5, 0.6) is 0 Å². The van der Waals surface area contributed by atoms with Crippen molar-refractivity contribution in [2.24, 2.45) is 17.4 Å². The minimum Gasteiger partial charge on any atom is -0.402 e. The lowest BCUT2D eigenvalue weighted by atomic mass is 9.83. The van der Waals surface area contributed by atoms with Crippen molar-refractivity contribution in [3.8, 4) is 0 Å². The molecule has 1 aromatic rings. The molecule has 0 radical (unpaired) electrons. The van der Waals surface area contributed by atoms with Crippen LogP contribution in [0.4, 0.5) is 0 Å². The largest absolute Gasteiger partial charge is 0.402 e. The average molecular weight is 306 g/mol. The van der Waals surface area contributed by atoms with Crippen LogP contribution in [0.1, 0.15) is 37.2 Å². The minimum absolute atomic E-state index is 0.0909. The van der Waals surface area contributed by atoms with E-state index >= 15 is 0 Å². The first-order chi connectivity index (χ1) is 11.2. The van der Waals surface area contributed by atoms with Gasteiger partial charge in [0.1, 0.15) is 0 Å². The van der Waals surface area contributed by atoms with E-state index < -0.39 is 0 Å². The summed E-state index contributed by atoms with van der Waals surface area (Å²) in [4.78, 5) is 0. The Hall–Kier alpha value is -2.06. The highest BCUT2D eigenvalue weighted by Gasteiger charge is 2.19. The van der Waals surface area contributed by atoms with Gasteiger partial charge in [-0.15, -0.1) is 0 Å². The third-order valence-electron chi connectivity index (χ3n) is 4.80. The van der Waals surface area contributed by atoms with Crippen molar-refractivity contribution >= 4 is 0 Å². The molecule has 0 spiro atoms. The number of benzene rings is 1. The van der Waals surface area contributed by atoms with E-state index in [1.807, 2.05) is 6.08 Å². The van der Waals surface area contributed by atoms with Gasteiger partial charge in [0.25, 0.3) is 0 Å². The summed E-state index contributed by atoms with van der Waals surface area (Å²) in [5.74, 6) is 0.826. The summed E-state index contributed by atoms with van der Waals surface area (Å²) >= 11 is 0. The first-order valence-electron chi connectivity index (χ1n) is 8.56. The highest BCUT2D eigenvalue weighted by atomic mass is 14.7. The molecular weight excluding hydrogens is 280 g/mol. The molecule has 0 saturated carbocycles. The predicted octanol–water partition coefficient (Wildman–Crippen LogP) is 4.18. The molecule has 120 valence electrons. The van der Waals surface area contributed by atoms with Crippen molar-refractivity contribution in [3.63, 3.8) is 0 Å². The van der Waals surface area contributed by atoms with Gasteiger partial charge < -0.3 is 11.5 Å². The maximum atomic E-state index is 6.32. The molecule has 0 heterocycles. The van der Waals surface area contributed by atoms with Gasteiger partial charge in [-0.1, -0.05) is 60.7 Å². The topological polar surface area (TPSA) is 52.0 Å². The van der Waals surface area contributed by atoms with Gasteiger partial charge in [-0.05, 0) is 42.9 Å². The van der Waals surface area contributed by atoms with Crippen LogP contribution >= 0.6 is 0 Å². The number of nitrogens with two attached hydrogens (primary N) is 2. The highest BCUT2D eigenvalue weighted by molar-refractivity contribution is 5.33. The van der Waals surface area contributed by atoms with Crippen LogP contribution in [0.25, 0.3) is 0 Å². The number of rotatable bonds is 4. The standard InChI is InChI=1S/C21H26N2/c22-20(18-9-5-2-6-10-18)15-21(23)19-13-11-17(12-14-19)16-7-3-1-4-8-16/h1,3-5,7-11,13,15,17,19-20H,2,6,12,14,22-23H2/b21-15-. The van der Waals surface area contributed by atoms with Crippen molar-refractivity contribution in [3.05, 3.63) is 83.6 Å². The van der Waals surface area contributed by atoms with Crippen molar-refractivity contribution in [2.45, 2.75) is 37.6 Å². The van der Waals surface area contributed by atoms with Crippen LogP contribution in [0.3, 0.4) is 0 Å². The number of allylic oxidation sites excluding steroid dienone is 4. The van der Waals surface area contributed by atoms with E-state index in [1.54, 1.807) is 0 Å². The van der Waals surface area contributed by atoms with E-state index in [9.17, 15) is 0 Å². The third kappa shape index (κ3) is 4.02. The monoisotopic (exact) mass is 306 g/mol. The number of hydrogen-bond acceptors (Lipinski definition) is 2. The van der Waals surface area contributed by atoms with Gasteiger partial charge >= 0.3 is 0 Å². The van der Waals surface area contributed by atoms with Crippen molar-refractivity contribution in [1.29, 1.82) is 0 Å². The Morgan fingerprint density at radius 2 is 1.91 bits per heavy atom. The molecule has 0 aromatic heterocycles. The van der Waals surface area contributed by atoms with E-state index in [2.05, 4.69) is 60.7 Å². The van der Waals surface area contributed by atoms with E-state index in [-0.39, 0.29) is 6.04 Å². The van der Waals surface area contributed by atoms with Crippen LogP contribution in [0, 0.1) is 5.92 Å². The third-order valence-corrected chi connectivity index (χ3v) is 4.80. The average Bonchev–Trinajstić information content (AvgIpc) is 2.63. The lowest BCUT2D eigenvalue weighted by Gasteiger charge is -2.24. The molecule has 1 aromatic carbocycles. The smallest absolute Gasteiger partial charge is 0.0497 e. The summed E-state index contributed by atoms with van der Waals surface area (Å²) in [6.45, 7) is 0. The normalized spacial score (nSPS) is 26.0. The maximum Gasteiger partial charge on any atom is 0.0497 e. The van der Waals surface area contributed by atoms with Crippen LogP contribution in [-0.2, 0) is 0 Å². The molecule has 2 heteroatoms. The Balaban J connectivity index is 1.65. The molecule has 2 aliphatic carbocycles. The van der Waals surface area contributed by atoms with Gasteiger partial charge in [-0.3, -0.25) is 0 Å². The fraction of sp³-hybridized carbons (Fsp3) is 0.333. The zero-order valence-corrected chi connectivity index (χ0v) is 13.6. The Morgan fingerprint density at radius 3 is 2.57 bits per heavy atom. The fourth-order valence-electron chi connectivity index (χ4n) is 3.38. The molecule has 3 atom stereocenters. The lowest BCUT2D eigenvalue weighted by Crippen LogP contribution is -2.24. The van der Waals surface area contributed by atoms with Crippen LogP contribution in [0.15, 0.2) is 78.1 Å². The predicted molar refractivity (Wildman–Crippen MR) is 97.7 cm³/mol. The van der Waals surface area contributed by atoms with Crippen molar-refractivity contribution in [2.75, 3.05) is 0 Å². The summed E-state index contributed by atoms with van der Waals surface area (Å²) < 4.78 is 0. The summed E-state index contributed by atoms with van der Waals surface area (Å²) in [5.41, 5.74) is 16.1. The molecule has 0 bridgehead atoms. The van der Waals surface area contributed by atoms with Gasteiger partial charge in [0, 0.05) is 23.6 Å².